The fraction of sp³-hybridized carbons (Fsp3) is 0.308. The molecule has 1 heterocycles. The summed E-state index contributed by atoms with van der Waals surface area (Å²) in [6.45, 7) is 5.61. The van der Waals surface area contributed by atoms with Crippen molar-refractivity contribution < 1.29 is 27.4 Å². The van der Waals surface area contributed by atoms with E-state index in [1.54, 1.807) is 51.1 Å². The van der Waals surface area contributed by atoms with Crippen LogP contribution in [0.5, 0.6) is 5.75 Å². The van der Waals surface area contributed by atoms with Crippen molar-refractivity contribution in [3.8, 4) is 5.75 Å². The number of esters is 1. The number of carbonyl (C=O) groups is 1. The molecule has 6 nitrogen and oxygen atoms in total. The number of hydrogen-bond donors (Lipinski definition) is 1. The van der Waals surface area contributed by atoms with E-state index in [0.29, 0.717) is 23.4 Å². The molecule has 1 aromatic heterocycles. The summed E-state index contributed by atoms with van der Waals surface area (Å²) in [5.74, 6) is -0.818. The molecule has 0 amide bonds. The first-order chi connectivity index (χ1) is 17.2. The van der Waals surface area contributed by atoms with Gasteiger partial charge in [-0.3, -0.25) is 4.79 Å². The molecule has 0 saturated heterocycles. The van der Waals surface area contributed by atoms with Gasteiger partial charge >= 0.3 is 12.3 Å². The van der Waals surface area contributed by atoms with Crippen LogP contribution in [0, 0.1) is 0 Å². The summed E-state index contributed by atoms with van der Waals surface area (Å²) in [4.78, 5) is 25.0. The average Bonchev–Trinajstić information content (AvgIpc) is 2.78. The van der Waals surface area contributed by atoms with Gasteiger partial charge in [0, 0.05) is 18.3 Å². The zero-order valence-corrected chi connectivity index (χ0v) is 21.8. The molecule has 0 spiro atoms. The van der Waals surface area contributed by atoms with Gasteiger partial charge in [0.05, 0.1) is 22.8 Å². The van der Waals surface area contributed by atoms with Gasteiger partial charge in [0.1, 0.15) is 16.4 Å². The Kier molecular flexibility index (Phi) is 8.81. The highest BCUT2D eigenvalue weighted by atomic mass is 35.5. The molecule has 0 radical (unpaired) electrons. The molecule has 0 bridgehead atoms. The van der Waals surface area contributed by atoms with Gasteiger partial charge in [0.15, 0.2) is 0 Å². The van der Waals surface area contributed by atoms with Gasteiger partial charge in [-0.05, 0) is 63.1 Å². The second-order valence-electron chi connectivity index (χ2n) is 9.12. The number of hydrogen-bond acceptors (Lipinski definition) is 5. The number of halogens is 5. The third-order valence-corrected chi connectivity index (χ3v) is 5.64. The largest absolute Gasteiger partial charge is 0.573 e. The van der Waals surface area contributed by atoms with Crippen molar-refractivity contribution >= 4 is 34.9 Å². The quantitative estimate of drug-likeness (QED) is 0.307. The summed E-state index contributed by atoms with van der Waals surface area (Å²) in [5.41, 5.74) is 0.935. The van der Waals surface area contributed by atoms with Crippen molar-refractivity contribution in [3.05, 3.63) is 91.8 Å². The van der Waals surface area contributed by atoms with Crippen LogP contribution in [0.4, 0.5) is 18.9 Å². The number of aryl methyl sites for hydroxylation is 1. The van der Waals surface area contributed by atoms with E-state index in [-0.39, 0.29) is 28.9 Å². The van der Waals surface area contributed by atoms with Crippen molar-refractivity contribution in [2.45, 2.75) is 52.2 Å². The molecule has 198 valence electrons. The maximum atomic E-state index is 12.8. The maximum Gasteiger partial charge on any atom is 0.573 e. The number of pyridine rings is 1. The first kappa shape index (κ1) is 28.4. The molecular formula is C26H25Cl2F3N2O4. The SMILES string of the molecule is CC(C)(C)OC(=O)c1ccc(CCn2c(CNc3cccc(OC(F)(F)F)c3)c(Cl)cc(Cl)c2=O)cc1. The Bertz CT molecular complexity index is 1320. The van der Waals surface area contributed by atoms with Gasteiger partial charge in [-0.1, -0.05) is 41.4 Å². The molecule has 2 aromatic carbocycles. The molecule has 0 aliphatic rings. The van der Waals surface area contributed by atoms with Crippen LogP contribution in [0.15, 0.2) is 59.4 Å². The van der Waals surface area contributed by atoms with E-state index in [9.17, 15) is 22.8 Å². The standard InChI is InChI=1S/C26H25Cl2F3N2O4/c1-25(2,3)37-24(35)17-9-7-16(8-10-17)11-12-33-22(20(27)14-21(28)23(33)34)15-32-18-5-4-6-19(13-18)36-26(29,30)31/h4-10,13-14,32H,11-12,15H2,1-3H3. The highest BCUT2D eigenvalue weighted by Gasteiger charge is 2.31. The molecule has 0 unspecified atom stereocenters. The topological polar surface area (TPSA) is 69.6 Å². The first-order valence-electron chi connectivity index (χ1n) is 11.2. The van der Waals surface area contributed by atoms with E-state index in [1.165, 1.54) is 28.8 Å². The molecule has 11 heteroatoms. The number of nitrogens with one attached hydrogen (secondary N) is 1. The van der Waals surface area contributed by atoms with Crippen molar-refractivity contribution in [1.82, 2.24) is 4.57 Å². The Labute approximate surface area is 221 Å². The van der Waals surface area contributed by atoms with E-state index in [4.69, 9.17) is 27.9 Å². The fourth-order valence-electron chi connectivity index (χ4n) is 3.43. The van der Waals surface area contributed by atoms with E-state index in [2.05, 4.69) is 10.1 Å². The zero-order valence-electron chi connectivity index (χ0n) is 20.3. The van der Waals surface area contributed by atoms with E-state index >= 15 is 0 Å². The summed E-state index contributed by atoms with van der Waals surface area (Å²) < 4.78 is 48.3. The number of anilines is 1. The molecular weight excluding hydrogens is 532 g/mol. The zero-order chi connectivity index (χ0) is 27.4. The van der Waals surface area contributed by atoms with Crippen LogP contribution in [0.25, 0.3) is 0 Å². The number of alkyl halides is 3. The predicted molar refractivity (Wildman–Crippen MR) is 136 cm³/mol. The minimum absolute atomic E-state index is 0.0400. The van der Waals surface area contributed by atoms with Gasteiger partial charge in [-0.25, -0.2) is 4.79 Å². The number of nitrogens with zero attached hydrogens (tertiary/aromatic N) is 1. The molecule has 37 heavy (non-hydrogen) atoms. The minimum atomic E-state index is -4.82. The average molecular weight is 557 g/mol. The highest BCUT2D eigenvalue weighted by Crippen LogP contribution is 2.26. The number of ether oxygens (including phenoxy) is 2. The first-order valence-corrected chi connectivity index (χ1v) is 12.0. The van der Waals surface area contributed by atoms with E-state index in [1.807, 2.05) is 0 Å². The number of carbonyl (C=O) groups excluding carboxylic acids is 1. The Hall–Kier alpha value is -3.17. The van der Waals surface area contributed by atoms with Crippen molar-refractivity contribution in [2.75, 3.05) is 5.32 Å². The normalized spacial score (nSPS) is 11.8. The number of aromatic nitrogens is 1. The highest BCUT2D eigenvalue weighted by molar-refractivity contribution is 6.34. The fourth-order valence-corrected chi connectivity index (χ4v) is 3.97. The smallest absolute Gasteiger partial charge is 0.456 e. The van der Waals surface area contributed by atoms with E-state index < -0.39 is 23.5 Å². The second kappa shape index (κ2) is 11.5. The van der Waals surface area contributed by atoms with Crippen LogP contribution in [-0.2, 0) is 24.2 Å². The number of benzene rings is 2. The Morgan fingerprint density at radius 1 is 1.00 bits per heavy atom. The van der Waals surface area contributed by atoms with Gasteiger partial charge in [-0.2, -0.15) is 0 Å². The summed E-state index contributed by atoms with van der Waals surface area (Å²) in [6.07, 6.45) is -4.39. The van der Waals surface area contributed by atoms with Crippen LogP contribution >= 0.6 is 23.2 Å². The second-order valence-corrected chi connectivity index (χ2v) is 9.94. The summed E-state index contributed by atoms with van der Waals surface area (Å²) in [5, 5.41) is 3.13. The van der Waals surface area contributed by atoms with Crippen molar-refractivity contribution in [3.63, 3.8) is 0 Å². The molecule has 0 atom stereocenters. The van der Waals surface area contributed by atoms with Gasteiger partial charge in [0.2, 0.25) is 0 Å². The summed E-state index contributed by atoms with van der Waals surface area (Å²) in [7, 11) is 0. The lowest BCUT2D eigenvalue weighted by Crippen LogP contribution is -2.26. The predicted octanol–water partition coefficient (Wildman–Crippen LogP) is 6.86. The molecule has 0 aliphatic carbocycles. The summed E-state index contributed by atoms with van der Waals surface area (Å²) >= 11 is 12.4. The molecule has 0 fully saturated rings. The van der Waals surface area contributed by atoms with Crippen LogP contribution in [0.2, 0.25) is 10.0 Å². The Morgan fingerprint density at radius 2 is 1.68 bits per heavy atom. The molecule has 0 aliphatic heterocycles. The lowest BCUT2D eigenvalue weighted by Gasteiger charge is -2.19. The summed E-state index contributed by atoms with van der Waals surface area (Å²) in [6, 6.07) is 13.5. The molecule has 1 N–H and O–H groups in total. The van der Waals surface area contributed by atoms with Crippen LogP contribution in [-0.4, -0.2) is 22.5 Å². The third kappa shape index (κ3) is 8.43. The lowest BCUT2D eigenvalue weighted by molar-refractivity contribution is -0.274. The minimum Gasteiger partial charge on any atom is -0.456 e. The van der Waals surface area contributed by atoms with Crippen molar-refractivity contribution in [1.29, 1.82) is 0 Å². The Balaban J connectivity index is 1.75. The van der Waals surface area contributed by atoms with Gasteiger partial charge in [-0.15, -0.1) is 13.2 Å². The Morgan fingerprint density at radius 3 is 2.30 bits per heavy atom. The molecule has 3 aromatic rings. The monoisotopic (exact) mass is 556 g/mol. The van der Waals surface area contributed by atoms with Gasteiger partial charge < -0.3 is 19.4 Å². The molecule has 3 rings (SSSR count). The lowest BCUT2D eigenvalue weighted by atomic mass is 10.1. The molecule has 0 saturated carbocycles. The third-order valence-electron chi connectivity index (χ3n) is 5.04. The van der Waals surface area contributed by atoms with Crippen molar-refractivity contribution in [2.24, 2.45) is 0 Å². The van der Waals surface area contributed by atoms with Gasteiger partial charge in [0.25, 0.3) is 5.56 Å². The number of rotatable bonds is 8. The van der Waals surface area contributed by atoms with Crippen LogP contribution < -0.4 is 15.6 Å². The van der Waals surface area contributed by atoms with Crippen LogP contribution in [0.3, 0.4) is 0 Å². The van der Waals surface area contributed by atoms with Crippen LogP contribution in [0.1, 0.15) is 42.4 Å². The van der Waals surface area contributed by atoms with E-state index in [0.717, 1.165) is 5.56 Å². The maximum absolute atomic E-state index is 12.8.